The zero-order valence-electron chi connectivity index (χ0n) is 8.25. The molecular formula is C9H13NO2S. The van der Waals surface area contributed by atoms with Crippen LogP contribution in [0.25, 0.3) is 0 Å². The number of carbonyl (C=O) groups excluding carboxylic acids is 1. The minimum absolute atomic E-state index is 0.0932. The van der Waals surface area contributed by atoms with Gasteiger partial charge in [-0.2, -0.15) is 0 Å². The number of hydroxylamine groups is 2. The average molecular weight is 199 g/mol. The third-order valence-electron chi connectivity index (χ3n) is 1.83. The Hall–Kier alpha value is -0.870. The maximum atomic E-state index is 11.6. The number of aryl methyl sites for hydroxylation is 2. The molecule has 0 unspecified atom stereocenters. The number of rotatable bonds is 2. The van der Waals surface area contributed by atoms with Crippen molar-refractivity contribution in [2.75, 3.05) is 14.2 Å². The molecule has 13 heavy (non-hydrogen) atoms. The summed E-state index contributed by atoms with van der Waals surface area (Å²) in [5, 5.41) is 1.23. The van der Waals surface area contributed by atoms with E-state index in [1.54, 1.807) is 18.4 Å². The molecule has 4 heteroatoms. The highest BCUT2D eigenvalue weighted by Crippen LogP contribution is 2.21. The molecular weight excluding hydrogens is 186 g/mol. The summed E-state index contributed by atoms with van der Waals surface area (Å²) in [4.78, 5) is 18.6. The van der Waals surface area contributed by atoms with E-state index >= 15 is 0 Å². The summed E-state index contributed by atoms with van der Waals surface area (Å²) >= 11 is 1.62. The zero-order chi connectivity index (χ0) is 10.0. The lowest BCUT2D eigenvalue weighted by atomic mass is 10.2. The molecule has 0 atom stereocenters. The lowest BCUT2D eigenvalue weighted by Gasteiger charge is -2.12. The van der Waals surface area contributed by atoms with Gasteiger partial charge in [0.2, 0.25) is 0 Å². The fourth-order valence-electron chi connectivity index (χ4n) is 1.10. The molecule has 1 amide bonds. The normalized spacial score (nSPS) is 10.2. The predicted molar refractivity (Wildman–Crippen MR) is 52.9 cm³/mol. The fourth-order valence-corrected chi connectivity index (χ4v) is 2.01. The number of amides is 1. The van der Waals surface area contributed by atoms with Crippen LogP contribution in [-0.2, 0) is 4.84 Å². The van der Waals surface area contributed by atoms with E-state index in [1.165, 1.54) is 12.2 Å². The van der Waals surface area contributed by atoms with Crippen molar-refractivity contribution >= 4 is 17.2 Å². The van der Waals surface area contributed by atoms with E-state index in [2.05, 4.69) is 0 Å². The summed E-state index contributed by atoms with van der Waals surface area (Å²) in [5.74, 6) is -0.0932. The zero-order valence-corrected chi connectivity index (χ0v) is 9.07. The van der Waals surface area contributed by atoms with Gasteiger partial charge in [0.15, 0.2) is 0 Å². The molecule has 0 aliphatic rings. The summed E-state index contributed by atoms with van der Waals surface area (Å²) in [6.45, 7) is 3.93. The second kappa shape index (κ2) is 3.89. The van der Waals surface area contributed by atoms with Crippen LogP contribution in [0, 0.1) is 13.8 Å². The van der Waals surface area contributed by atoms with E-state index < -0.39 is 0 Å². The SMILES string of the molecule is CON(C)C(=O)c1cc(C)sc1C. The van der Waals surface area contributed by atoms with E-state index in [0.29, 0.717) is 0 Å². The van der Waals surface area contributed by atoms with Gasteiger partial charge >= 0.3 is 0 Å². The van der Waals surface area contributed by atoms with Gasteiger partial charge in [-0.25, -0.2) is 5.06 Å². The van der Waals surface area contributed by atoms with Crippen molar-refractivity contribution in [3.63, 3.8) is 0 Å². The molecule has 0 aromatic carbocycles. The topological polar surface area (TPSA) is 29.5 Å². The highest BCUT2D eigenvalue weighted by molar-refractivity contribution is 7.12. The van der Waals surface area contributed by atoms with E-state index in [-0.39, 0.29) is 5.91 Å². The highest BCUT2D eigenvalue weighted by Gasteiger charge is 2.15. The lowest BCUT2D eigenvalue weighted by molar-refractivity contribution is -0.0757. The van der Waals surface area contributed by atoms with Crippen LogP contribution in [0.4, 0.5) is 0 Å². The van der Waals surface area contributed by atoms with Crippen molar-refractivity contribution in [2.45, 2.75) is 13.8 Å². The largest absolute Gasteiger partial charge is 0.278 e. The van der Waals surface area contributed by atoms with Crippen LogP contribution < -0.4 is 0 Å². The Balaban J connectivity index is 2.94. The summed E-state index contributed by atoms with van der Waals surface area (Å²) in [6.07, 6.45) is 0. The first-order valence-corrected chi connectivity index (χ1v) is 4.77. The molecule has 72 valence electrons. The third-order valence-corrected chi connectivity index (χ3v) is 2.80. The predicted octanol–water partition coefficient (Wildman–Crippen LogP) is 2.00. The van der Waals surface area contributed by atoms with Crippen LogP contribution in [0.3, 0.4) is 0 Å². The number of hydrogen-bond acceptors (Lipinski definition) is 3. The van der Waals surface area contributed by atoms with Crippen LogP contribution in [-0.4, -0.2) is 25.1 Å². The van der Waals surface area contributed by atoms with Crippen molar-refractivity contribution in [1.29, 1.82) is 0 Å². The Morgan fingerprint density at radius 2 is 2.15 bits per heavy atom. The van der Waals surface area contributed by atoms with Gasteiger partial charge in [0.25, 0.3) is 5.91 Å². The molecule has 0 aliphatic carbocycles. The molecule has 1 aromatic rings. The Morgan fingerprint density at radius 3 is 2.54 bits per heavy atom. The minimum atomic E-state index is -0.0932. The summed E-state index contributed by atoms with van der Waals surface area (Å²) in [6, 6.07) is 1.89. The van der Waals surface area contributed by atoms with Crippen molar-refractivity contribution in [3.05, 3.63) is 21.4 Å². The first-order chi connectivity index (χ1) is 6.06. The van der Waals surface area contributed by atoms with E-state index in [4.69, 9.17) is 4.84 Å². The third kappa shape index (κ3) is 2.08. The molecule has 0 saturated carbocycles. The molecule has 1 rings (SSSR count). The summed E-state index contributed by atoms with van der Waals surface area (Å²) in [7, 11) is 3.08. The van der Waals surface area contributed by atoms with E-state index in [9.17, 15) is 4.79 Å². The second-order valence-electron chi connectivity index (χ2n) is 2.81. The summed E-state index contributed by atoms with van der Waals surface area (Å²) in [5.41, 5.74) is 0.729. The Bertz CT molecular complexity index is 319. The average Bonchev–Trinajstić information content (AvgIpc) is 2.42. The molecule has 0 fully saturated rings. The quantitative estimate of drug-likeness (QED) is 0.682. The standard InChI is InChI=1S/C9H13NO2S/c1-6-5-8(7(2)13-6)9(11)10(3)12-4/h5H,1-4H3. The Labute approximate surface area is 81.9 Å². The van der Waals surface area contributed by atoms with Gasteiger partial charge < -0.3 is 0 Å². The number of thiophene rings is 1. The van der Waals surface area contributed by atoms with Crippen LogP contribution in [0.15, 0.2) is 6.07 Å². The van der Waals surface area contributed by atoms with Gasteiger partial charge in [-0.15, -0.1) is 11.3 Å². The summed E-state index contributed by atoms with van der Waals surface area (Å²) < 4.78 is 0. The molecule has 0 radical (unpaired) electrons. The van der Waals surface area contributed by atoms with Crippen molar-refractivity contribution < 1.29 is 9.63 Å². The van der Waals surface area contributed by atoms with E-state index in [0.717, 1.165) is 15.3 Å². The van der Waals surface area contributed by atoms with Gasteiger partial charge in [0.05, 0.1) is 12.7 Å². The van der Waals surface area contributed by atoms with Gasteiger partial charge in [0.1, 0.15) is 0 Å². The minimum Gasteiger partial charge on any atom is -0.274 e. The molecule has 0 saturated heterocycles. The molecule has 3 nitrogen and oxygen atoms in total. The van der Waals surface area contributed by atoms with E-state index in [1.807, 2.05) is 19.9 Å². The second-order valence-corrected chi connectivity index (χ2v) is 4.27. The van der Waals surface area contributed by atoms with Crippen LogP contribution in [0.2, 0.25) is 0 Å². The first-order valence-electron chi connectivity index (χ1n) is 3.95. The molecule has 0 bridgehead atoms. The maximum Gasteiger partial charge on any atom is 0.278 e. The maximum absolute atomic E-state index is 11.6. The van der Waals surface area contributed by atoms with Gasteiger partial charge in [0, 0.05) is 16.8 Å². The number of hydrogen-bond donors (Lipinski definition) is 0. The lowest BCUT2D eigenvalue weighted by Crippen LogP contribution is -2.25. The molecule has 1 aromatic heterocycles. The fraction of sp³-hybridized carbons (Fsp3) is 0.444. The van der Waals surface area contributed by atoms with Crippen LogP contribution >= 0.6 is 11.3 Å². The highest BCUT2D eigenvalue weighted by atomic mass is 32.1. The van der Waals surface area contributed by atoms with Gasteiger partial charge in [-0.3, -0.25) is 9.63 Å². The number of nitrogens with zero attached hydrogens (tertiary/aromatic N) is 1. The Kier molecular flexibility index (Phi) is 3.06. The smallest absolute Gasteiger partial charge is 0.274 e. The molecule has 0 N–H and O–H groups in total. The van der Waals surface area contributed by atoms with Crippen molar-refractivity contribution in [1.82, 2.24) is 5.06 Å². The number of carbonyl (C=O) groups is 1. The van der Waals surface area contributed by atoms with Crippen LogP contribution in [0.1, 0.15) is 20.1 Å². The monoisotopic (exact) mass is 199 g/mol. The van der Waals surface area contributed by atoms with Gasteiger partial charge in [-0.1, -0.05) is 0 Å². The molecule has 1 heterocycles. The Morgan fingerprint density at radius 1 is 1.54 bits per heavy atom. The van der Waals surface area contributed by atoms with Crippen molar-refractivity contribution in [2.24, 2.45) is 0 Å². The van der Waals surface area contributed by atoms with Crippen LogP contribution in [0.5, 0.6) is 0 Å². The van der Waals surface area contributed by atoms with Gasteiger partial charge in [-0.05, 0) is 19.9 Å². The first kappa shape index (κ1) is 10.2. The molecule has 0 spiro atoms. The molecule has 0 aliphatic heterocycles. The van der Waals surface area contributed by atoms with Crippen molar-refractivity contribution in [3.8, 4) is 0 Å².